The highest BCUT2D eigenvalue weighted by atomic mass is 79.9. The monoisotopic (exact) mass is 1880 g/mol. The van der Waals surface area contributed by atoms with Gasteiger partial charge in [0.2, 0.25) is 17.5 Å². The number of fused-ring (bicyclic) bond motifs is 3. The van der Waals surface area contributed by atoms with E-state index in [9.17, 15) is 50.7 Å². The molecule has 1 fully saturated rings. The summed E-state index contributed by atoms with van der Waals surface area (Å²) >= 11 is 5.92. The van der Waals surface area contributed by atoms with E-state index in [-0.39, 0.29) is 85.1 Å². The fourth-order valence-corrected chi connectivity index (χ4v) is 11.2. The van der Waals surface area contributed by atoms with Crippen molar-refractivity contribution in [2.24, 2.45) is 10.9 Å². The number of aromatic carboxylic acids is 3. The summed E-state index contributed by atoms with van der Waals surface area (Å²) in [6, 6.07) is 35.8. The molecular weight excluding hydrogens is 1790 g/mol. The third-order valence-corrected chi connectivity index (χ3v) is 17.9. The first kappa shape index (κ1) is 101. The predicted octanol–water partition coefficient (Wildman–Crippen LogP) is 22.9. The minimum Gasteiger partial charge on any atom is -0.478 e. The van der Waals surface area contributed by atoms with E-state index in [1.165, 1.54) is 67.4 Å². The number of carboxylic acids is 3. The molecule has 125 heavy (non-hydrogen) atoms. The van der Waals surface area contributed by atoms with Crippen molar-refractivity contribution in [3.05, 3.63) is 256 Å². The van der Waals surface area contributed by atoms with Crippen LogP contribution in [0.15, 0.2) is 182 Å². The number of furan rings is 3. The van der Waals surface area contributed by atoms with Gasteiger partial charge >= 0.3 is 35.8 Å². The number of rotatable bonds is 11. The Morgan fingerprint density at radius 3 is 1.05 bits per heavy atom. The van der Waals surface area contributed by atoms with Gasteiger partial charge in [-0.2, -0.15) is 9.97 Å². The van der Waals surface area contributed by atoms with Crippen LogP contribution in [0, 0.1) is 70.6 Å². The summed E-state index contributed by atoms with van der Waals surface area (Å²) < 4.78 is 116. The maximum absolute atomic E-state index is 14.7. The fourth-order valence-electron chi connectivity index (χ4n) is 10.7. The van der Waals surface area contributed by atoms with Crippen LogP contribution in [0.25, 0.3) is 79.0 Å². The summed E-state index contributed by atoms with van der Waals surface area (Å²) in [4.78, 5) is 75.4. The summed E-state index contributed by atoms with van der Waals surface area (Å²) in [5.41, 5.74) is 11.3. The minimum absolute atomic E-state index is 0. The summed E-state index contributed by atoms with van der Waals surface area (Å²) in [5.74, 6) is -7.36. The van der Waals surface area contributed by atoms with Crippen LogP contribution in [0.2, 0.25) is 0 Å². The van der Waals surface area contributed by atoms with Gasteiger partial charge in [-0.3, -0.25) is 0 Å². The lowest BCUT2D eigenvalue weighted by Gasteiger charge is -2.19. The molecule has 0 amide bonds. The van der Waals surface area contributed by atoms with Crippen molar-refractivity contribution in [1.82, 2.24) is 20.3 Å². The lowest BCUT2D eigenvalue weighted by atomic mass is 10.1. The number of oxime groups is 1. The van der Waals surface area contributed by atoms with Gasteiger partial charge in [-0.25, -0.2) is 50.7 Å². The second-order valence-corrected chi connectivity index (χ2v) is 33.5. The number of carbonyl (C=O) groups excluding carboxylic acids is 3. The van der Waals surface area contributed by atoms with Gasteiger partial charge in [0, 0.05) is 29.4 Å². The summed E-state index contributed by atoms with van der Waals surface area (Å²) in [6.07, 6.45) is 2.56. The first-order chi connectivity index (χ1) is 57.8. The topological polar surface area (TPSA) is 396 Å². The van der Waals surface area contributed by atoms with Gasteiger partial charge in [-0.1, -0.05) is 51.9 Å². The number of ether oxygens (including phenoxy) is 4. The molecule has 0 spiro atoms. The Hall–Kier alpha value is -12.4. The van der Waals surface area contributed by atoms with Gasteiger partial charge in [0.05, 0.1) is 59.1 Å². The third-order valence-electron chi connectivity index (χ3n) is 16.6. The van der Waals surface area contributed by atoms with Crippen LogP contribution < -0.4 is 5.73 Å². The molecule has 664 valence electrons. The highest BCUT2D eigenvalue weighted by Crippen LogP contribution is 2.36. The molecule has 0 unspecified atom stereocenters. The van der Waals surface area contributed by atoms with E-state index in [4.69, 9.17) is 72.6 Å². The molecule has 1 aliphatic rings. The number of carboxylic acid groups (broad SMARTS) is 3. The molecule has 14 rings (SSSR count). The molecular formula is C91H94Br2ClF5N6O20. The molecule has 13 aromatic rings. The van der Waals surface area contributed by atoms with Crippen molar-refractivity contribution in [1.29, 1.82) is 0 Å². The van der Waals surface area contributed by atoms with Crippen LogP contribution >= 0.6 is 44.3 Å². The normalized spacial score (nSPS) is 11.8. The Kier molecular flexibility index (Phi) is 35.5. The number of halogens is 8. The van der Waals surface area contributed by atoms with Crippen molar-refractivity contribution in [2.75, 3.05) is 13.2 Å². The Balaban J connectivity index is 0.000000232. The fraction of sp³-hybridized carbons (Fsp3) is 0.286. The van der Waals surface area contributed by atoms with E-state index in [1.54, 1.807) is 89.2 Å². The Morgan fingerprint density at radius 2 is 0.736 bits per heavy atom. The minimum atomic E-state index is -1.38. The number of hydrogen-bond acceptors (Lipinski definition) is 22. The number of amidine groups is 1. The number of benzene rings is 8. The zero-order valence-corrected chi connectivity index (χ0v) is 75.4. The molecule has 7 N–H and O–H groups in total. The van der Waals surface area contributed by atoms with Crippen molar-refractivity contribution >= 4 is 119 Å². The average Bonchev–Trinajstić information content (AvgIpc) is 1.64. The van der Waals surface area contributed by atoms with Crippen LogP contribution in [0.4, 0.5) is 22.0 Å². The number of aliphatic hydroxyl groups is 1. The summed E-state index contributed by atoms with van der Waals surface area (Å²) in [6.45, 7) is 34.6. The van der Waals surface area contributed by atoms with Gasteiger partial charge in [-0.15, -0.1) is 12.4 Å². The Bertz CT molecular complexity index is 5930. The van der Waals surface area contributed by atoms with Crippen molar-refractivity contribution in [3.8, 4) is 46.1 Å². The van der Waals surface area contributed by atoms with Crippen LogP contribution in [-0.2, 0) is 18.9 Å². The smallest absolute Gasteiger partial charge is 0.338 e. The van der Waals surface area contributed by atoms with Gasteiger partial charge in [0.15, 0.2) is 17.3 Å². The van der Waals surface area contributed by atoms with Crippen LogP contribution in [0.1, 0.15) is 197 Å². The van der Waals surface area contributed by atoms with E-state index in [0.29, 0.717) is 21.8 Å². The molecule has 0 saturated carbocycles. The number of hydrogen-bond donors (Lipinski definition) is 6. The lowest BCUT2D eigenvalue weighted by Crippen LogP contribution is -2.24. The van der Waals surface area contributed by atoms with Crippen molar-refractivity contribution in [2.45, 2.75) is 160 Å². The SMILES string of the molecule is C1CCOC1.CC(C)(C)O.CC(C)(C)OC(=O)c1ccc(Br)c(F)c1.CC(C)(C)OC(=O)c1ccc(C(=O)O)c(F)c1.Cc1ccc(C)c2oc(-c3noc(-c4ccc(C(=O)O)cc4F)n3)cc12.Cc1ccc(C)c2oc(-c3noc(-c4ccc(C(=O)OC(C)(C)C)cc4F)n3)cc12.Cc1ccc(C)c2oc(/C(N)=N\O)cc12.Cl.O=C(O)c1ccc(Br)c(F)c1. The maximum Gasteiger partial charge on any atom is 0.338 e. The zero-order valence-electron chi connectivity index (χ0n) is 71.4. The number of nitrogens with two attached hydrogens (primary N) is 1. The zero-order chi connectivity index (χ0) is 92.4. The molecule has 26 nitrogen and oxygen atoms in total. The van der Waals surface area contributed by atoms with Gasteiger partial charge in [-0.05, 0) is 312 Å². The third kappa shape index (κ3) is 29.9. The molecule has 0 atom stereocenters. The molecule has 5 aromatic heterocycles. The molecule has 0 aliphatic carbocycles. The quantitative estimate of drug-likeness (QED) is 0.0133. The first-order valence-corrected chi connectivity index (χ1v) is 39.5. The standard InChI is InChI=1S/C23H21FN2O4.C19H13FN2O4.C12H13FO4.C11H12BrFO2.C11H12N2O2.C7H4BrFO2.C4H8O.C4H10O.ClH/c1-12-6-7-13(2)19-16(12)11-18(28-19)20-25-21(30-26-20)15-9-8-14(10-17(15)24)22(27)29-23(3,4)5;1-9-3-4-10(2)16-13(9)8-15(25-16)17-21-18(26-22-17)12-6-5-11(19(23)24)7-14(12)20;1-12(2,3)17-11(16)7-4-5-8(10(14)15)9(13)6-7;1-11(2,3)15-10(14)7-4-5-8(12)9(13)6-7;1-6-3-4-7(2)10-8(6)5-9(15-10)11(12)13-14;8-5-2-1-4(7(10)11)3-6(5)9;1-2-4-5-3-1;1-4(2,3)5;/h6-11H,1-5H3;3-8H,1-2H3,(H,23,24);4-6H,1-3H3,(H,14,15);4-6H,1-3H3;3-5,14H,1-2H3,(H2,12,13);1-3H,(H,10,11);1-4H2;5H,1-3H3;1H. The number of esters is 3. The van der Waals surface area contributed by atoms with Gasteiger partial charge in [0.25, 0.3) is 11.8 Å². The Labute approximate surface area is 738 Å². The second-order valence-electron chi connectivity index (χ2n) is 31.7. The molecule has 6 heterocycles. The number of aryl methyl sites for hydroxylation is 6. The summed E-state index contributed by atoms with van der Waals surface area (Å²) in [7, 11) is 0. The number of nitrogens with zero attached hydrogens (tertiary/aromatic N) is 5. The molecule has 8 aromatic carbocycles. The molecule has 1 aliphatic heterocycles. The highest BCUT2D eigenvalue weighted by molar-refractivity contribution is 9.10. The van der Waals surface area contributed by atoms with Gasteiger partial charge < -0.3 is 72.6 Å². The van der Waals surface area contributed by atoms with Crippen molar-refractivity contribution < 1.29 is 118 Å². The van der Waals surface area contributed by atoms with Gasteiger partial charge in [0.1, 0.15) is 62.6 Å². The Morgan fingerprint density at radius 1 is 0.424 bits per heavy atom. The predicted molar refractivity (Wildman–Crippen MR) is 467 cm³/mol. The molecule has 1 saturated heterocycles. The lowest BCUT2D eigenvalue weighted by molar-refractivity contribution is 0.00565. The number of carbonyl (C=O) groups is 6. The average molecular weight is 1880 g/mol. The summed E-state index contributed by atoms with van der Waals surface area (Å²) in [5, 5.41) is 56.6. The van der Waals surface area contributed by atoms with Crippen LogP contribution in [0.5, 0.6) is 0 Å². The molecule has 34 heteroatoms. The highest BCUT2D eigenvalue weighted by Gasteiger charge is 2.26. The van der Waals surface area contributed by atoms with E-state index in [1.807, 2.05) is 90.1 Å². The van der Waals surface area contributed by atoms with Crippen LogP contribution in [0.3, 0.4) is 0 Å². The largest absolute Gasteiger partial charge is 0.478 e. The van der Waals surface area contributed by atoms with E-state index >= 15 is 0 Å². The number of aromatic nitrogens is 4. The molecule has 0 bridgehead atoms. The first-order valence-electron chi connectivity index (χ1n) is 38.0. The second kappa shape index (κ2) is 43.8. The van der Waals surface area contributed by atoms with Crippen LogP contribution in [-0.4, -0.2) is 123 Å². The molecule has 0 radical (unpaired) electrons. The van der Waals surface area contributed by atoms with E-state index in [0.717, 1.165) is 116 Å². The van der Waals surface area contributed by atoms with E-state index < -0.39 is 92.9 Å². The van der Waals surface area contributed by atoms with Crippen molar-refractivity contribution in [3.63, 3.8) is 0 Å². The van der Waals surface area contributed by atoms with E-state index in [2.05, 4.69) is 57.3 Å². The maximum atomic E-state index is 14.7.